The summed E-state index contributed by atoms with van der Waals surface area (Å²) in [5.41, 5.74) is 6.12. The summed E-state index contributed by atoms with van der Waals surface area (Å²) in [4.78, 5) is 1.10. The summed E-state index contributed by atoms with van der Waals surface area (Å²) < 4.78 is 12.8. The van der Waals surface area contributed by atoms with E-state index in [1.54, 1.807) is 11.8 Å². The maximum absolute atomic E-state index is 12.8. The van der Waals surface area contributed by atoms with Crippen LogP contribution in [0.25, 0.3) is 0 Å². The van der Waals surface area contributed by atoms with Crippen molar-refractivity contribution in [2.24, 2.45) is 5.73 Å². The van der Waals surface area contributed by atoms with Gasteiger partial charge in [0, 0.05) is 16.7 Å². The molecule has 114 valence electrons. The molecule has 0 bridgehead atoms. The Bertz CT molecular complexity index is 339. The van der Waals surface area contributed by atoms with E-state index in [1.807, 2.05) is 12.1 Å². The molecule has 0 saturated carbocycles. The van der Waals surface area contributed by atoms with Gasteiger partial charge in [0.05, 0.1) is 0 Å². The highest BCUT2D eigenvalue weighted by molar-refractivity contribution is 7.99. The zero-order chi connectivity index (χ0) is 14.6. The van der Waals surface area contributed by atoms with Crippen molar-refractivity contribution in [3.05, 3.63) is 30.1 Å². The number of benzene rings is 1. The lowest BCUT2D eigenvalue weighted by Crippen LogP contribution is -2.22. The van der Waals surface area contributed by atoms with Crippen LogP contribution in [-0.4, -0.2) is 11.8 Å². The fraction of sp³-hybridized carbons (Fsp3) is 0.647. The largest absolute Gasteiger partial charge is 0.327 e. The maximum Gasteiger partial charge on any atom is 0.123 e. The highest BCUT2D eigenvalue weighted by Crippen LogP contribution is 2.20. The van der Waals surface area contributed by atoms with Crippen LogP contribution in [0.2, 0.25) is 0 Å². The Morgan fingerprint density at radius 2 is 1.60 bits per heavy atom. The fourth-order valence-electron chi connectivity index (χ4n) is 2.18. The molecular formula is C17H28FNS. The van der Waals surface area contributed by atoms with Crippen LogP contribution >= 0.6 is 11.8 Å². The average molecular weight is 297 g/mol. The summed E-state index contributed by atoms with van der Waals surface area (Å²) in [6.45, 7) is 2.25. The molecule has 0 aliphatic carbocycles. The van der Waals surface area contributed by atoms with Gasteiger partial charge in [0.1, 0.15) is 5.82 Å². The van der Waals surface area contributed by atoms with E-state index < -0.39 is 0 Å². The molecule has 1 nitrogen and oxygen atoms in total. The minimum Gasteiger partial charge on any atom is -0.327 e. The minimum absolute atomic E-state index is 0.179. The molecule has 0 aliphatic heterocycles. The van der Waals surface area contributed by atoms with Gasteiger partial charge < -0.3 is 5.73 Å². The third-order valence-electron chi connectivity index (χ3n) is 3.46. The second-order valence-electron chi connectivity index (χ2n) is 5.43. The van der Waals surface area contributed by atoms with Gasteiger partial charge in [0.25, 0.3) is 0 Å². The normalized spacial score (nSPS) is 12.6. The number of hydrogen-bond donors (Lipinski definition) is 1. The predicted molar refractivity (Wildman–Crippen MR) is 87.7 cm³/mol. The molecule has 0 aliphatic rings. The van der Waals surface area contributed by atoms with Crippen LogP contribution < -0.4 is 5.73 Å². The van der Waals surface area contributed by atoms with Gasteiger partial charge in [0.15, 0.2) is 0 Å². The quantitative estimate of drug-likeness (QED) is 0.438. The number of nitrogens with two attached hydrogens (primary N) is 1. The van der Waals surface area contributed by atoms with Crippen molar-refractivity contribution in [1.82, 2.24) is 0 Å². The molecule has 0 aromatic heterocycles. The molecule has 0 amide bonds. The second-order valence-corrected chi connectivity index (χ2v) is 6.53. The van der Waals surface area contributed by atoms with Crippen molar-refractivity contribution in [1.29, 1.82) is 0 Å². The standard InChI is InChI=1S/C17H28FNS/c1-2-3-4-5-6-7-8-9-16(19)14-20-17-12-10-15(18)11-13-17/h10-13,16H,2-9,14,19H2,1H3. The van der Waals surface area contributed by atoms with E-state index in [2.05, 4.69) is 6.92 Å². The van der Waals surface area contributed by atoms with E-state index in [9.17, 15) is 4.39 Å². The SMILES string of the molecule is CCCCCCCCCC(N)CSc1ccc(F)cc1. The van der Waals surface area contributed by atoms with Crippen molar-refractivity contribution in [2.75, 3.05) is 5.75 Å². The smallest absolute Gasteiger partial charge is 0.123 e. The summed E-state index contributed by atoms with van der Waals surface area (Å²) in [6.07, 6.45) is 10.4. The number of thioether (sulfide) groups is 1. The van der Waals surface area contributed by atoms with Gasteiger partial charge >= 0.3 is 0 Å². The van der Waals surface area contributed by atoms with Crippen LogP contribution in [0.15, 0.2) is 29.2 Å². The van der Waals surface area contributed by atoms with Crippen molar-refractivity contribution in [2.45, 2.75) is 69.2 Å². The molecule has 0 heterocycles. The highest BCUT2D eigenvalue weighted by atomic mass is 32.2. The Morgan fingerprint density at radius 3 is 2.25 bits per heavy atom. The summed E-state index contributed by atoms with van der Waals surface area (Å²) in [5.74, 6) is 0.739. The van der Waals surface area contributed by atoms with Crippen LogP contribution in [-0.2, 0) is 0 Å². The molecule has 3 heteroatoms. The summed E-state index contributed by atoms with van der Waals surface area (Å²) in [6, 6.07) is 6.90. The maximum atomic E-state index is 12.8. The molecule has 0 radical (unpaired) electrons. The number of unbranched alkanes of at least 4 members (excludes halogenated alkanes) is 6. The van der Waals surface area contributed by atoms with Gasteiger partial charge in [-0.25, -0.2) is 4.39 Å². The molecule has 1 atom stereocenters. The Morgan fingerprint density at radius 1 is 1.00 bits per heavy atom. The average Bonchev–Trinajstić information content (AvgIpc) is 2.46. The molecule has 0 saturated heterocycles. The lowest BCUT2D eigenvalue weighted by molar-refractivity contribution is 0.549. The van der Waals surface area contributed by atoms with Crippen LogP contribution in [0.5, 0.6) is 0 Å². The summed E-state index contributed by atoms with van der Waals surface area (Å²) in [7, 11) is 0. The summed E-state index contributed by atoms with van der Waals surface area (Å²) >= 11 is 1.72. The first-order chi connectivity index (χ1) is 9.72. The number of rotatable bonds is 11. The molecular weight excluding hydrogens is 269 g/mol. The van der Waals surface area contributed by atoms with Crippen LogP contribution in [0.4, 0.5) is 4.39 Å². The molecule has 1 aromatic carbocycles. The zero-order valence-corrected chi connectivity index (χ0v) is 13.4. The van der Waals surface area contributed by atoms with Crippen molar-refractivity contribution < 1.29 is 4.39 Å². The molecule has 0 spiro atoms. The van der Waals surface area contributed by atoms with E-state index >= 15 is 0 Å². The summed E-state index contributed by atoms with van der Waals surface area (Å²) in [5, 5.41) is 0. The number of halogens is 1. The molecule has 1 aromatic rings. The van der Waals surface area contributed by atoms with E-state index in [-0.39, 0.29) is 11.9 Å². The molecule has 1 unspecified atom stereocenters. The Kier molecular flexibility index (Phi) is 9.77. The fourth-order valence-corrected chi connectivity index (χ4v) is 3.08. The third-order valence-corrected chi connectivity index (χ3v) is 4.66. The monoisotopic (exact) mass is 297 g/mol. The first-order valence-corrected chi connectivity index (χ1v) is 8.85. The van der Waals surface area contributed by atoms with Gasteiger partial charge in [-0.3, -0.25) is 0 Å². The lowest BCUT2D eigenvalue weighted by Gasteiger charge is -2.11. The van der Waals surface area contributed by atoms with Crippen molar-refractivity contribution >= 4 is 11.8 Å². The van der Waals surface area contributed by atoms with Crippen molar-refractivity contribution in [3.8, 4) is 0 Å². The van der Waals surface area contributed by atoms with E-state index in [0.29, 0.717) is 0 Å². The lowest BCUT2D eigenvalue weighted by atomic mass is 10.1. The van der Waals surface area contributed by atoms with Crippen molar-refractivity contribution in [3.63, 3.8) is 0 Å². The number of hydrogen-bond acceptors (Lipinski definition) is 2. The van der Waals surface area contributed by atoms with Gasteiger partial charge in [-0.2, -0.15) is 0 Å². The Hall–Kier alpha value is -0.540. The third kappa shape index (κ3) is 8.60. The van der Waals surface area contributed by atoms with E-state index in [4.69, 9.17) is 5.73 Å². The van der Waals surface area contributed by atoms with Gasteiger partial charge in [0.2, 0.25) is 0 Å². The second kappa shape index (κ2) is 11.2. The first kappa shape index (κ1) is 17.5. The highest BCUT2D eigenvalue weighted by Gasteiger charge is 2.04. The van der Waals surface area contributed by atoms with E-state index in [1.165, 1.54) is 57.1 Å². The van der Waals surface area contributed by atoms with Gasteiger partial charge in [-0.1, -0.05) is 51.9 Å². The van der Waals surface area contributed by atoms with E-state index in [0.717, 1.165) is 17.1 Å². The van der Waals surface area contributed by atoms with Gasteiger partial charge in [-0.05, 0) is 30.7 Å². The minimum atomic E-state index is -0.179. The first-order valence-electron chi connectivity index (χ1n) is 7.86. The van der Waals surface area contributed by atoms with Crippen LogP contribution in [0, 0.1) is 5.82 Å². The van der Waals surface area contributed by atoms with Gasteiger partial charge in [-0.15, -0.1) is 11.8 Å². The zero-order valence-electron chi connectivity index (χ0n) is 12.6. The van der Waals surface area contributed by atoms with Crippen LogP contribution in [0.1, 0.15) is 58.3 Å². The molecule has 20 heavy (non-hydrogen) atoms. The predicted octanol–water partition coefficient (Wildman–Crippen LogP) is 5.39. The molecule has 1 rings (SSSR count). The molecule has 2 N–H and O–H groups in total. The Labute approximate surface area is 127 Å². The topological polar surface area (TPSA) is 26.0 Å². The Balaban J connectivity index is 2.00. The molecule has 0 fully saturated rings. The van der Waals surface area contributed by atoms with Crippen LogP contribution in [0.3, 0.4) is 0 Å².